The molecule has 0 aromatic carbocycles. The molecule has 0 radical (unpaired) electrons. The van der Waals surface area contributed by atoms with Gasteiger partial charge >= 0.3 is 6.03 Å². The van der Waals surface area contributed by atoms with Gasteiger partial charge in [0.15, 0.2) is 5.03 Å². The van der Waals surface area contributed by atoms with Crippen molar-refractivity contribution in [3.05, 3.63) is 18.3 Å². The Balaban J connectivity index is 2.75. The molecular weight excluding hydrogens is 268 g/mol. The summed E-state index contributed by atoms with van der Waals surface area (Å²) >= 11 is 0. The Morgan fingerprint density at radius 3 is 2.79 bits per heavy atom. The Labute approximate surface area is 113 Å². The Hall–Kier alpha value is -1.96. The summed E-state index contributed by atoms with van der Waals surface area (Å²) in [5, 5.41) is 3.72. The van der Waals surface area contributed by atoms with E-state index in [1.165, 1.54) is 13.1 Å². The van der Waals surface area contributed by atoms with Crippen molar-refractivity contribution < 1.29 is 13.8 Å². The molecule has 0 aliphatic heterocycles. The number of hydrogen-bond donors (Lipinski definition) is 3. The number of urea groups is 1. The van der Waals surface area contributed by atoms with Crippen LogP contribution in [0, 0.1) is 0 Å². The van der Waals surface area contributed by atoms with E-state index in [0.717, 1.165) is 0 Å². The number of pyridine rings is 1. The number of aromatic nitrogens is 1. The fourth-order valence-corrected chi connectivity index (χ4v) is 2.31. The number of nitrogens with zero attached hydrogens (tertiary/aromatic N) is 1. The maximum Gasteiger partial charge on any atom is 0.321 e. The molecule has 1 heterocycles. The smallest absolute Gasteiger partial charge is 0.321 e. The lowest BCUT2D eigenvalue weighted by molar-refractivity contribution is -0.119. The molecule has 0 saturated carbocycles. The second-order valence-electron chi connectivity index (χ2n) is 3.69. The van der Waals surface area contributed by atoms with Gasteiger partial charge in [0.25, 0.3) is 0 Å². The minimum Gasteiger partial charge on any atom is -0.396 e. The quantitative estimate of drug-likeness (QED) is 0.720. The van der Waals surface area contributed by atoms with Crippen molar-refractivity contribution in [3.63, 3.8) is 0 Å². The molecule has 4 N–H and O–H groups in total. The monoisotopic (exact) mass is 284 g/mol. The minimum absolute atomic E-state index is 0.140. The van der Waals surface area contributed by atoms with Crippen LogP contribution < -0.4 is 16.4 Å². The van der Waals surface area contributed by atoms with Crippen LogP contribution in [0.15, 0.2) is 23.4 Å². The topological polar surface area (TPSA) is 114 Å². The Morgan fingerprint density at radius 2 is 2.21 bits per heavy atom. The molecule has 0 spiro atoms. The average molecular weight is 284 g/mol. The molecule has 104 valence electrons. The first-order chi connectivity index (χ1) is 8.97. The first kappa shape index (κ1) is 15.1. The van der Waals surface area contributed by atoms with E-state index in [1.54, 1.807) is 19.1 Å². The molecule has 2 atom stereocenters. The fraction of sp³-hybridized carbons (Fsp3) is 0.364. The summed E-state index contributed by atoms with van der Waals surface area (Å²) in [5.41, 5.74) is 5.89. The molecule has 7 nitrogen and oxygen atoms in total. The molecule has 0 fully saturated rings. The van der Waals surface area contributed by atoms with Crippen molar-refractivity contribution in [2.45, 2.75) is 24.1 Å². The van der Waals surface area contributed by atoms with E-state index in [2.05, 4.69) is 15.6 Å². The first-order valence-electron chi connectivity index (χ1n) is 5.67. The Bertz CT molecular complexity index is 506. The number of carbonyl (C=O) groups is 2. The first-order valence-corrected chi connectivity index (χ1v) is 6.88. The van der Waals surface area contributed by atoms with Gasteiger partial charge in [0, 0.05) is 12.7 Å². The molecule has 0 saturated heterocycles. The van der Waals surface area contributed by atoms with Crippen LogP contribution in [0.25, 0.3) is 0 Å². The number of amides is 3. The maximum atomic E-state index is 12.1. The number of nitrogens with two attached hydrogens (primary N) is 1. The maximum absolute atomic E-state index is 12.1. The number of nitrogen functional groups attached to an aromatic ring is 1. The number of rotatable bonds is 4. The van der Waals surface area contributed by atoms with Gasteiger partial charge in [-0.3, -0.25) is 14.3 Å². The molecule has 1 rings (SSSR count). The van der Waals surface area contributed by atoms with Crippen LogP contribution in [0.3, 0.4) is 0 Å². The molecule has 0 aliphatic rings. The van der Waals surface area contributed by atoms with Crippen molar-refractivity contribution in [1.29, 1.82) is 0 Å². The van der Waals surface area contributed by atoms with Gasteiger partial charge in [0.1, 0.15) is 5.25 Å². The predicted molar refractivity (Wildman–Crippen MR) is 71.7 cm³/mol. The highest BCUT2D eigenvalue weighted by Gasteiger charge is 2.25. The third kappa shape index (κ3) is 4.02. The van der Waals surface area contributed by atoms with Crippen LogP contribution in [0.1, 0.15) is 13.8 Å². The largest absolute Gasteiger partial charge is 0.396 e. The SMILES string of the molecule is CCNC(=O)NC(=O)C(C)S(=O)c1ncccc1N. The zero-order valence-corrected chi connectivity index (χ0v) is 11.5. The van der Waals surface area contributed by atoms with Crippen molar-refractivity contribution in [3.8, 4) is 0 Å². The highest BCUT2D eigenvalue weighted by atomic mass is 32.2. The molecule has 8 heteroatoms. The molecular formula is C11H16N4O3S. The minimum atomic E-state index is -1.72. The van der Waals surface area contributed by atoms with Gasteiger partial charge in [0.05, 0.1) is 16.5 Å². The Morgan fingerprint density at radius 1 is 1.53 bits per heavy atom. The molecule has 0 aliphatic carbocycles. The van der Waals surface area contributed by atoms with E-state index >= 15 is 0 Å². The highest BCUT2D eigenvalue weighted by Crippen LogP contribution is 2.15. The molecule has 19 heavy (non-hydrogen) atoms. The number of anilines is 1. The van der Waals surface area contributed by atoms with E-state index < -0.39 is 28.0 Å². The van der Waals surface area contributed by atoms with Gasteiger partial charge in [0.2, 0.25) is 5.91 Å². The van der Waals surface area contributed by atoms with Gasteiger partial charge in [-0.2, -0.15) is 0 Å². The van der Waals surface area contributed by atoms with Crippen LogP contribution in [-0.2, 0) is 15.6 Å². The highest BCUT2D eigenvalue weighted by molar-refractivity contribution is 7.86. The van der Waals surface area contributed by atoms with Gasteiger partial charge in [-0.05, 0) is 26.0 Å². The summed E-state index contributed by atoms with van der Waals surface area (Å²) in [6, 6.07) is 2.54. The lowest BCUT2D eigenvalue weighted by Gasteiger charge is -2.12. The molecule has 0 bridgehead atoms. The van der Waals surface area contributed by atoms with Crippen molar-refractivity contribution >= 4 is 28.4 Å². The number of carbonyl (C=O) groups excluding carboxylic acids is 2. The summed E-state index contributed by atoms with van der Waals surface area (Å²) in [7, 11) is -1.72. The molecule has 3 amide bonds. The van der Waals surface area contributed by atoms with Crippen molar-refractivity contribution in [2.75, 3.05) is 12.3 Å². The number of imide groups is 1. The van der Waals surface area contributed by atoms with E-state index in [0.29, 0.717) is 6.54 Å². The normalized spacial score (nSPS) is 13.4. The average Bonchev–Trinajstić information content (AvgIpc) is 2.37. The van der Waals surface area contributed by atoms with Gasteiger partial charge in [-0.15, -0.1) is 0 Å². The summed E-state index contributed by atoms with van der Waals surface area (Å²) in [4.78, 5) is 26.8. The lowest BCUT2D eigenvalue weighted by Crippen LogP contribution is -2.44. The van der Waals surface area contributed by atoms with E-state index in [9.17, 15) is 13.8 Å². The molecule has 1 aromatic rings. The predicted octanol–water partition coefficient (Wildman–Crippen LogP) is 0.00560. The molecule has 2 unspecified atom stereocenters. The number of nitrogens with one attached hydrogen (secondary N) is 2. The summed E-state index contributed by atoms with van der Waals surface area (Å²) < 4.78 is 12.1. The van der Waals surface area contributed by atoms with Crippen molar-refractivity contribution in [1.82, 2.24) is 15.6 Å². The van der Waals surface area contributed by atoms with Gasteiger partial charge < -0.3 is 11.1 Å². The van der Waals surface area contributed by atoms with Crippen LogP contribution in [0.2, 0.25) is 0 Å². The summed E-state index contributed by atoms with van der Waals surface area (Å²) in [5.74, 6) is -0.644. The van der Waals surface area contributed by atoms with Crippen LogP contribution in [-0.4, -0.2) is 32.9 Å². The molecule has 1 aromatic heterocycles. The number of hydrogen-bond acceptors (Lipinski definition) is 5. The van der Waals surface area contributed by atoms with E-state index in [1.807, 2.05) is 0 Å². The third-order valence-electron chi connectivity index (χ3n) is 2.26. The van der Waals surface area contributed by atoms with Crippen LogP contribution in [0.4, 0.5) is 10.5 Å². The second-order valence-corrected chi connectivity index (χ2v) is 5.37. The lowest BCUT2D eigenvalue weighted by atomic mass is 10.4. The third-order valence-corrected chi connectivity index (χ3v) is 3.83. The summed E-state index contributed by atoms with van der Waals surface area (Å²) in [6.45, 7) is 3.56. The van der Waals surface area contributed by atoms with Gasteiger partial charge in [-0.1, -0.05) is 0 Å². The standard InChI is InChI=1S/C11H16N4O3S/c1-3-13-11(17)15-9(16)7(2)19(18)10-8(12)5-4-6-14-10/h4-7H,3,12H2,1-2H3,(H2,13,15,16,17). The second kappa shape index (κ2) is 6.83. The van der Waals surface area contributed by atoms with Crippen LogP contribution >= 0.6 is 0 Å². The van der Waals surface area contributed by atoms with E-state index in [4.69, 9.17) is 5.73 Å². The van der Waals surface area contributed by atoms with Crippen LogP contribution in [0.5, 0.6) is 0 Å². The van der Waals surface area contributed by atoms with Crippen molar-refractivity contribution in [2.24, 2.45) is 0 Å². The zero-order valence-electron chi connectivity index (χ0n) is 10.7. The fourth-order valence-electron chi connectivity index (χ4n) is 1.25. The van der Waals surface area contributed by atoms with E-state index in [-0.39, 0.29) is 10.7 Å². The Kier molecular flexibility index (Phi) is 5.43. The van der Waals surface area contributed by atoms with Gasteiger partial charge in [-0.25, -0.2) is 9.78 Å². The summed E-state index contributed by atoms with van der Waals surface area (Å²) in [6.07, 6.45) is 1.44. The zero-order chi connectivity index (χ0) is 14.4.